The molecule has 0 saturated carbocycles. The third-order valence-corrected chi connectivity index (χ3v) is 7.17. The van der Waals surface area contributed by atoms with Crippen LogP contribution in [0.25, 0.3) is 33.3 Å². The summed E-state index contributed by atoms with van der Waals surface area (Å²) in [5.74, 6) is 0.703. The highest BCUT2D eigenvalue weighted by molar-refractivity contribution is 5.93. The Morgan fingerprint density at radius 2 is 1.68 bits per heavy atom. The number of aromatic nitrogens is 3. The predicted molar refractivity (Wildman–Crippen MR) is 131 cm³/mol. The van der Waals surface area contributed by atoms with Crippen LogP contribution in [0.1, 0.15) is 5.56 Å². The first-order valence-electron chi connectivity index (χ1n) is 11.9. The number of piperazine rings is 1. The van der Waals surface area contributed by atoms with Crippen molar-refractivity contribution in [2.75, 3.05) is 39.3 Å². The van der Waals surface area contributed by atoms with E-state index < -0.39 is 0 Å². The van der Waals surface area contributed by atoms with E-state index in [0.717, 1.165) is 41.7 Å². The molecule has 8 nitrogen and oxygen atoms in total. The normalized spacial score (nSPS) is 16.1. The van der Waals surface area contributed by atoms with Crippen molar-refractivity contribution in [3.05, 3.63) is 64.4 Å². The van der Waals surface area contributed by atoms with Gasteiger partial charge in [0.2, 0.25) is 5.91 Å². The van der Waals surface area contributed by atoms with Gasteiger partial charge in [-0.05, 0) is 30.2 Å². The van der Waals surface area contributed by atoms with E-state index in [2.05, 4.69) is 15.5 Å². The molecule has 1 fully saturated rings. The molecule has 2 aromatic carbocycles. The Balaban J connectivity index is 1.44. The SMILES string of the molecule is O=C(Cn1c2c(c3ccccc31)CCn1c-2nc2ccccc2c1=O)N1CCN(CCO)CC1. The molecule has 4 heterocycles. The van der Waals surface area contributed by atoms with Gasteiger partial charge in [0.25, 0.3) is 5.56 Å². The number of carbonyl (C=O) groups excluding carboxylic acids is 1. The standard InChI is InChI=1S/C26H27N5O3/c32-16-15-28-11-13-29(14-12-28)23(33)17-31-22-8-4-2-5-18(22)19-9-10-30-25(24(19)31)27-21-7-3-1-6-20(21)26(30)34/h1-8,32H,9-17H2. The molecule has 1 amide bonds. The fourth-order valence-electron chi connectivity index (χ4n) is 5.43. The number of para-hydroxylation sites is 2. The third kappa shape index (κ3) is 3.33. The zero-order chi connectivity index (χ0) is 23.2. The summed E-state index contributed by atoms with van der Waals surface area (Å²) in [4.78, 5) is 35.7. The van der Waals surface area contributed by atoms with Gasteiger partial charge in [0.1, 0.15) is 6.54 Å². The first-order chi connectivity index (χ1) is 16.7. The number of aryl methyl sites for hydroxylation is 1. The third-order valence-electron chi connectivity index (χ3n) is 7.17. The second-order valence-corrected chi connectivity index (χ2v) is 9.04. The van der Waals surface area contributed by atoms with Gasteiger partial charge in [-0.1, -0.05) is 30.3 Å². The zero-order valence-electron chi connectivity index (χ0n) is 19.0. The van der Waals surface area contributed by atoms with Gasteiger partial charge in [-0.3, -0.25) is 19.1 Å². The van der Waals surface area contributed by atoms with Gasteiger partial charge >= 0.3 is 0 Å². The van der Waals surface area contributed by atoms with Crippen LogP contribution in [-0.4, -0.2) is 74.3 Å². The molecule has 1 N–H and O–H groups in total. The van der Waals surface area contributed by atoms with Crippen LogP contribution in [0.4, 0.5) is 0 Å². The number of fused-ring (bicyclic) bond motifs is 6. The van der Waals surface area contributed by atoms with Crippen molar-refractivity contribution in [2.24, 2.45) is 0 Å². The van der Waals surface area contributed by atoms with E-state index in [1.807, 2.05) is 47.4 Å². The molecular formula is C26H27N5O3. The van der Waals surface area contributed by atoms with Gasteiger partial charge < -0.3 is 14.6 Å². The Morgan fingerprint density at radius 3 is 2.47 bits per heavy atom. The zero-order valence-corrected chi connectivity index (χ0v) is 19.0. The van der Waals surface area contributed by atoms with E-state index >= 15 is 0 Å². The highest BCUT2D eigenvalue weighted by Crippen LogP contribution is 2.36. The second-order valence-electron chi connectivity index (χ2n) is 9.04. The van der Waals surface area contributed by atoms with Crippen molar-refractivity contribution in [1.82, 2.24) is 23.9 Å². The maximum absolute atomic E-state index is 13.4. The molecule has 0 bridgehead atoms. The Labute approximate surface area is 196 Å². The molecule has 34 heavy (non-hydrogen) atoms. The van der Waals surface area contributed by atoms with E-state index in [0.29, 0.717) is 42.9 Å². The van der Waals surface area contributed by atoms with Gasteiger partial charge in [0, 0.05) is 50.2 Å². The summed E-state index contributed by atoms with van der Waals surface area (Å²) in [6, 6.07) is 15.6. The maximum Gasteiger partial charge on any atom is 0.261 e. The average molecular weight is 458 g/mol. The molecule has 174 valence electrons. The number of hydrogen-bond acceptors (Lipinski definition) is 5. The molecule has 8 heteroatoms. The number of β-amino-alcohol motifs (C(OH)–C–C–N with tert-alkyl or cyclic N) is 1. The number of aliphatic hydroxyl groups excluding tert-OH is 1. The monoisotopic (exact) mass is 457 g/mol. The van der Waals surface area contributed by atoms with Gasteiger partial charge in [-0.25, -0.2) is 4.98 Å². The average Bonchev–Trinajstić information content (AvgIpc) is 3.19. The molecule has 0 atom stereocenters. The topological polar surface area (TPSA) is 83.6 Å². The van der Waals surface area contributed by atoms with E-state index in [1.54, 1.807) is 4.57 Å². The number of nitrogens with zero attached hydrogens (tertiary/aromatic N) is 5. The lowest BCUT2D eigenvalue weighted by molar-refractivity contribution is -0.133. The summed E-state index contributed by atoms with van der Waals surface area (Å²) in [5.41, 5.74) is 3.67. The number of rotatable bonds is 4. The lowest BCUT2D eigenvalue weighted by Crippen LogP contribution is -2.50. The fraction of sp³-hybridized carbons (Fsp3) is 0.346. The summed E-state index contributed by atoms with van der Waals surface area (Å²) in [5, 5.41) is 10.9. The molecule has 6 rings (SSSR count). The summed E-state index contributed by atoms with van der Waals surface area (Å²) in [7, 11) is 0. The summed E-state index contributed by atoms with van der Waals surface area (Å²) in [6.45, 7) is 4.40. The van der Waals surface area contributed by atoms with E-state index in [-0.39, 0.29) is 24.6 Å². The van der Waals surface area contributed by atoms with Gasteiger partial charge in [-0.2, -0.15) is 0 Å². The Morgan fingerprint density at radius 1 is 0.941 bits per heavy atom. The van der Waals surface area contributed by atoms with Crippen LogP contribution in [0.3, 0.4) is 0 Å². The largest absolute Gasteiger partial charge is 0.395 e. The molecule has 2 aliphatic heterocycles. The van der Waals surface area contributed by atoms with Crippen LogP contribution in [0.2, 0.25) is 0 Å². The molecule has 1 saturated heterocycles. The molecule has 0 radical (unpaired) electrons. The van der Waals surface area contributed by atoms with Gasteiger partial charge in [0.05, 0.1) is 23.2 Å². The van der Waals surface area contributed by atoms with Crippen molar-refractivity contribution in [2.45, 2.75) is 19.5 Å². The van der Waals surface area contributed by atoms with Crippen LogP contribution in [-0.2, 0) is 24.3 Å². The molecule has 0 unspecified atom stereocenters. The fourth-order valence-corrected chi connectivity index (χ4v) is 5.43. The number of benzene rings is 2. The van der Waals surface area contributed by atoms with Crippen LogP contribution >= 0.6 is 0 Å². The lowest BCUT2D eigenvalue weighted by atomic mass is 10.0. The van der Waals surface area contributed by atoms with Crippen LogP contribution in [0.5, 0.6) is 0 Å². The summed E-state index contributed by atoms with van der Waals surface area (Å²) < 4.78 is 3.82. The minimum atomic E-state index is -0.0330. The Hall–Kier alpha value is -3.49. The van der Waals surface area contributed by atoms with Gasteiger partial charge in [-0.15, -0.1) is 0 Å². The quantitative estimate of drug-likeness (QED) is 0.505. The summed E-state index contributed by atoms with van der Waals surface area (Å²) in [6.07, 6.45) is 0.726. The Bertz CT molecular complexity index is 1460. The van der Waals surface area contributed by atoms with Crippen molar-refractivity contribution in [1.29, 1.82) is 0 Å². The number of carbonyl (C=O) groups is 1. The van der Waals surface area contributed by atoms with Crippen molar-refractivity contribution in [3.8, 4) is 11.5 Å². The molecule has 4 aromatic rings. The van der Waals surface area contributed by atoms with E-state index in [9.17, 15) is 14.7 Å². The first-order valence-corrected chi connectivity index (χ1v) is 11.9. The minimum absolute atomic E-state index is 0.0330. The number of aliphatic hydroxyl groups is 1. The first kappa shape index (κ1) is 21.1. The lowest BCUT2D eigenvalue weighted by Gasteiger charge is -2.34. The second kappa shape index (κ2) is 8.38. The van der Waals surface area contributed by atoms with Crippen LogP contribution in [0, 0.1) is 0 Å². The van der Waals surface area contributed by atoms with Crippen molar-refractivity contribution >= 4 is 27.7 Å². The van der Waals surface area contributed by atoms with E-state index in [4.69, 9.17) is 4.98 Å². The highest BCUT2D eigenvalue weighted by Gasteiger charge is 2.29. The summed E-state index contributed by atoms with van der Waals surface area (Å²) >= 11 is 0. The molecule has 0 aliphatic carbocycles. The molecule has 2 aromatic heterocycles. The maximum atomic E-state index is 13.4. The smallest absolute Gasteiger partial charge is 0.261 e. The van der Waals surface area contributed by atoms with Gasteiger partial charge in [0.15, 0.2) is 5.82 Å². The minimum Gasteiger partial charge on any atom is -0.395 e. The number of amides is 1. The molecule has 2 aliphatic rings. The van der Waals surface area contributed by atoms with Crippen molar-refractivity contribution < 1.29 is 9.90 Å². The number of hydrogen-bond donors (Lipinski definition) is 1. The van der Waals surface area contributed by atoms with Crippen molar-refractivity contribution in [3.63, 3.8) is 0 Å². The molecule has 0 spiro atoms. The van der Waals surface area contributed by atoms with E-state index in [1.165, 1.54) is 0 Å². The highest BCUT2D eigenvalue weighted by atomic mass is 16.3. The van der Waals surface area contributed by atoms with Crippen LogP contribution in [0.15, 0.2) is 53.3 Å². The van der Waals surface area contributed by atoms with Crippen LogP contribution < -0.4 is 5.56 Å². The predicted octanol–water partition coefficient (Wildman–Crippen LogP) is 1.71. The molecular weight excluding hydrogens is 430 g/mol. The Kier molecular flexibility index (Phi) is 5.19.